The second-order valence-corrected chi connectivity index (χ2v) is 4.80. The Kier molecular flexibility index (Phi) is 4.57. The lowest BCUT2D eigenvalue weighted by Gasteiger charge is -2.13. The summed E-state index contributed by atoms with van der Waals surface area (Å²) in [4.78, 5) is 15.0. The predicted molar refractivity (Wildman–Crippen MR) is 76.2 cm³/mol. The molecule has 0 radical (unpaired) electrons. The van der Waals surface area contributed by atoms with Gasteiger partial charge in [0, 0.05) is 18.0 Å². The quantitative estimate of drug-likeness (QED) is 0.907. The van der Waals surface area contributed by atoms with E-state index in [2.05, 4.69) is 20.9 Å². The van der Waals surface area contributed by atoms with Crippen molar-refractivity contribution in [1.82, 2.24) is 4.98 Å². The molecular formula is C14H12BrNO4. The molecular weight excluding hydrogens is 326 g/mol. The molecule has 2 rings (SSSR count). The standard InChI is InChI=1S/C14H12BrNO4/c1-19-12-6-10(14(17)18)5-11(15)13(12)20-8-9-3-2-4-16-7-9/h2-7H,8H2,1H3,(H,17,18). The third-order valence-corrected chi connectivity index (χ3v) is 3.17. The van der Waals surface area contributed by atoms with Gasteiger partial charge in [-0.1, -0.05) is 6.07 Å². The summed E-state index contributed by atoms with van der Waals surface area (Å²) in [6.45, 7) is 0.315. The fourth-order valence-electron chi connectivity index (χ4n) is 1.62. The summed E-state index contributed by atoms with van der Waals surface area (Å²) in [5, 5.41) is 9.00. The number of hydrogen-bond donors (Lipinski definition) is 1. The van der Waals surface area contributed by atoms with E-state index in [1.165, 1.54) is 19.2 Å². The smallest absolute Gasteiger partial charge is 0.335 e. The van der Waals surface area contributed by atoms with Crippen molar-refractivity contribution >= 4 is 21.9 Å². The number of benzene rings is 1. The molecule has 1 aromatic heterocycles. The Balaban J connectivity index is 2.25. The first-order valence-corrected chi connectivity index (χ1v) is 6.53. The maximum absolute atomic E-state index is 11.0. The molecule has 0 bridgehead atoms. The van der Waals surface area contributed by atoms with Gasteiger partial charge in [0.1, 0.15) is 6.61 Å². The number of halogens is 1. The number of carboxylic acid groups (broad SMARTS) is 1. The van der Waals surface area contributed by atoms with Crippen LogP contribution in [0.15, 0.2) is 41.1 Å². The summed E-state index contributed by atoms with van der Waals surface area (Å²) in [7, 11) is 1.46. The van der Waals surface area contributed by atoms with Crippen molar-refractivity contribution in [2.75, 3.05) is 7.11 Å². The predicted octanol–water partition coefficient (Wildman–Crippen LogP) is 3.13. The summed E-state index contributed by atoms with van der Waals surface area (Å²) < 4.78 is 11.4. The summed E-state index contributed by atoms with van der Waals surface area (Å²) in [6, 6.07) is 6.60. The Morgan fingerprint density at radius 3 is 2.85 bits per heavy atom. The molecule has 0 unspecified atom stereocenters. The van der Waals surface area contributed by atoms with Crippen molar-refractivity contribution in [2.45, 2.75) is 6.61 Å². The molecule has 104 valence electrons. The normalized spacial score (nSPS) is 10.1. The highest BCUT2D eigenvalue weighted by Crippen LogP contribution is 2.37. The number of pyridine rings is 1. The second kappa shape index (κ2) is 6.38. The van der Waals surface area contributed by atoms with Gasteiger partial charge in [0.25, 0.3) is 0 Å². The minimum absolute atomic E-state index is 0.127. The zero-order valence-electron chi connectivity index (χ0n) is 10.7. The van der Waals surface area contributed by atoms with E-state index in [1.807, 2.05) is 12.1 Å². The molecule has 0 saturated heterocycles. The zero-order valence-corrected chi connectivity index (χ0v) is 12.3. The van der Waals surface area contributed by atoms with E-state index in [4.69, 9.17) is 14.6 Å². The SMILES string of the molecule is COc1cc(C(=O)O)cc(Br)c1OCc1cccnc1. The van der Waals surface area contributed by atoms with Crippen LogP contribution >= 0.6 is 15.9 Å². The van der Waals surface area contributed by atoms with E-state index in [0.29, 0.717) is 22.6 Å². The van der Waals surface area contributed by atoms with Gasteiger partial charge in [-0.2, -0.15) is 0 Å². The Hall–Kier alpha value is -2.08. The summed E-state index contributed by atoms with van der Waals surface area (Å²) >= 11 is 3.30. The number of aromatic nitrogens is 1. The molecule has 1 N–H and O–H groups in total. The molecule has 6 heteroatoms. The summed E-state index contributed by atoms with van der Waals surface area (Å²) in [5.74, 6) is -0.204. The molecule has 20 heavy (non-hydrogen) atoms. The zero-order chi connectivity index (χ0) is 14.5. The van der Waals surface area contributed by atoms with E-state index in [-0.39, 0.29) is 5.56 Å². The van der Waals surface area contributed by atoms with E-state index < -0.39 is 5.97 Å². The van der Waals surface area contributed by atoms with Gasteiger partial charge in [-0.3, -0.25) is 4.98 Å². The molecule has 5 nitrogen and oxygen atoms in total. The van der Waals surface area contributed by atoms with Gasteiger partial charge in [-0.15, -0.1) is 0 Å². The van der Waals surface area contributed by atoms with Crippen molar-refractivity contribution < 1.29 is 19.4 Å². The van der Waals surface area contributed by atoms with E-state index in [9.17, 15) is 4.79 Å². The number of carbonyl (C=O) groups is 1. The minimum atomic E-state index is -1.03. The van der Waals surface area contributed by atoms with Gasteiger partial charge in [-0.25, -0.2) is 4.79 Å². The van der Waals surface area contributed by atoms with Gasteiger partial charge < -0.3 is 14.6 Å². The van der Waals surface area contributed by atoms with Crippen LogP contribution in [-0.4, -0.2) is 23.2 Å². The number of aromatic carboxylic acids is 1. The maximum Gasteiger partial charge on any atom is 0.335 e. The van der Waals surface area contributed by atoms with Crippen molar-refractivity contribution in [3.8, 4) is 11.5 Å². The first kappa shape index (κ1) is 14.3. The Morgan fingerprint density at radius 1 is 1.45 bits per heavy atom. The molecule has 0 atom stereocenters. The van der Waals surface area contributed by atoms with Gasteiger partial charge in [0.2, 0.25) is 0 Å². The first-order valence-electron chi connectivity index (χ1n) is 5.74. The molecule has 0 aliphatic heterocycles. The largest absolute Gasteiger partial charge is 0.493 e. The average molecular weight is 338 g/mol. The molecule has 0 aliphatic carbocycles. The second-order valence-electron chi connectivity index (χ2n) is 3.94. The first-order chi connectivity index (χ1) is 9.61. The van der Waals surface area contributed by atoms with E-state index >= 15 is 0 Å². The lowest BCUT2D eigenvalue weighted by molar-refractivity contribution is 0.0696. The van der Waals surface area contributed by atoms with Crippen LogP contribution in [0.3, 0.4) is 0 Å². The highest BCUT2D eigenvalue weighted by molar-refractivity contribution is 9.10. The average Bonchev–Trinajstić information content (AvgIpc) is 2.46. The van der Waals surface area contributed by atoms with E-state index in [1.54, 1.807) is 12.4 Å². The van der Waals surface area contributed by atoms with Crippen molar-refractivity contribution in [2.24, 2.45) is 0 Å². The van der Waals surface area contributed by atoms with Gasteiger partial charge in [0.15, 0.2) is 11.5 Å². The monoisotopic (exact) mass is 337 g/mol. The number of carboxylic acids is 1. The lowest BCUT2D eigenvalue weighted by atomic mass is 10.2. The Morgan fingerprint density at radius 2 is 2.25 bits per heavy atom. The maximum atomic E-state index is 11.0. The molecule has 0 fully saturated rings. The molecule has 2 aromatic rings. The number of ether oxygens (including phenoxy) is 2. The van der Waals surface area contributed by atoms with Crippen LogP contribution in [0.4, 0.5) is 0 Å². The van der Waals surface area contributed by atoms with Crippen LogP contribution in [0, 0.1) is 0 Å². The number of hydrogen-bond acceptors (Lipinski definition) is 4. The number of methoxy groups -OCH3 is 1. The van der Waals surface area contributed by atoms with Gasteiger partial charge in [-0.05, 0) is 34.1 Å². The van der Waals surface area contributed by atoms with Crippen LogP contribution in [-0.2, 0) is 6.61 Å². The topological polar surface area (TPSA) is 68.7 Å². The Labute approximate surface area is 124 Å². The summed E-state index contributed by atoms with van der Waals surface area (Å²) in [6.07, 6.45) is 3.38. The fourth-order valence-corrected chi connectivity index (χ4v) is 2.18. The van der Waals surface area contributed by atoms with Gasteiger partial charge >= 0.3 is 5.97 Å². The highest BCUT2D eigenvalue weighted by Gasteiger charge is 2.15. The van der Waals surface area contributed by atoms with Crippen LogP contribution < -0.4 is 9.47 Å². The third-order valence-electron chi connectivity index (χ3n) is 2.58. The highest BCUT2D eigenvalue weighted by atomic mass is 79.9. The van der Waals surface area contributed by atoms with Crippen LogP contribution in [0.25, 0.3) is 0 Å². The van der Waals surface area contributed by atoms with Crippen LogP contribution in [0.2, 0.25) is 0 Å². The molecule has 1 aromatic carbocycles. The third kappa shape index (κ3) is 3.27. The molecule has 1 heterocycles. The van der Waals surface area contributed by atoms with Crippen molar-refractivity contribution in [1.29, 1.82) is 0 Å². The van der Waals surface area contributed by atoms with Crippen molar-refractivity contribution in [3.05, 3.63) is 52.3 Å². The Bertz CT molecular complexity index is 616. The van der Waals surface area contributed by atoms with Crippen LogP contribution in [0.1, 0.15) is 15.9 Å². The van der Waals surface area contributed by atoms with E-state index in [0.717, 1.165) is 5.56 Å². The molecule has 0 saturated carbocycles. The molecule has 0 aliphatic rings. The van der Waals surface area contributed by atoms with Gasteiger partial charge in [0.05, 0.1) is 17.1 Å². The van der Waals surface area contributed by atoms with Crippen molar-refractivity contribution in [3.63, 3.8) is 0 Å². The molecule has 0 amide bonds. The minimum Gasteiger partial charge on any atom is -0.493 e. The summed E-state index contributed by atoms with van der Waals surface area (Å²) in [5.41, 5.74) is 1.03. The van der Waals surface area contributed by atoms with Crippen LogP contribution in [0.5, 0.6) is 11.5 Å². The lowest BCUT2D eigenvalue weighted by Crippen LogP contribution is -2.02. The number of rotatable bonds is 5. The fraction of sp³-hybridized carbons (Fsp3) is 0.143. The molecule has 0 spiro atoms. The number of nitrogens with zero attached hydrogens (tertiary/aromatic N) is 1.